The molecule has 0 unspecified atom stereocenters. The number of benzene rings is 2. The zero-order valence-corrected chi connectivity index (χ0v) is 15.4. The zero-order chi connectivity index (χ0) is 18.9. The summed E-state index contributed by atoms with van der Waals surface area (Å²) in [5.74, 6) is 0. The van der Waals surface area contributed by atoms with Crippen molar-refractivity contribution < 1.29 is 8.42 Å². The van der Waals surface area contributed by atoms with E-state index in [9.17, 15) is 13.7 Å². The molecule has 0 aliphatic heterocycles. The summed E-state index contributed by atoms with van der Waals surface area (Å²) in [5.41, 5.74) is 9.18. The molecule has 3 aromatic rings. The smallest absolute Gasteiger partial charge is 0.261 e. The lowest BCUT2D eigenvalue weighted by Gasteiger charge is -2.12. The molecule has 0 saturated heterocycles. The summed E-state index contributed by atoms with van der Waals surface area (Å²) in [5, 5.41) is 10.1. The number of rotatable bonds is 5. The van der Waals surface area contributed by atoms with E-state index in [1.54, 1.807) is 24.4 Å². The second-order valence-electron chi connectivity index (χ2n) is 6.15. The summed E-state index contributed by atoms with van der Waals surface area (Å²) in [6, 6.07) is 12.0. The number of fused-ring (bicyclic) bond motifs is 1. The second kappa shape index (κ2) is 6.83. The quantitative estimate of drug-likeness (QED) is 0.640. The van der Waals surface area contributed by atoms with Crippen molar-refractivity contribution in [2.24, 2.45) is 5.73 Å². The lowest BCUT2D eigenvalue weighted by molar-refractivity contribution is 0.601. The number of anilines is 1. The van der Waals surface area contributed by atoms with Crippen LogP contribution in [0.3, 0.4) is 0 Å². The van der Waals surface area contributed by atoms with Gasteiger partial charge in [-0.15, -0.1) is 0 Å². The van der Waals surface area contributed by atoms with E-state index >= 15 is 0 Å². The van der Waals surface area contributed by atoms with Gasteiger partial charge < -0.3 is 10.7 Å². The van der Waals surface area contributed by atoms with Crippen molar-refractivity contribution in [1.82, 2.24) is 4.98 Å². The number of hydrogen-bond donors (Lipinski definition) is 3. The minimum atomic E-state index is -3.76. The monoisotopic (exact) mass is 368 g/mol. The lowest BCUT2D eigenvalue weighted by Crippen LogP contribution is -2.14. The molecule has 1 aromatic heterocycles. The largest absolute Gasteiger partial charge is 0.358 e. The van der Waals surface area contributed by atoms with Gasteiger partial charge in [-0.05, 0) is 42.7 Å². The average Bonchev–Trinajstić information content (AvgIpc) is 3.06. The first-order valence-electron chi connectivity index (χ1n) is 8.28. The van der Waals surface area contributed by atoms with E-state index in [4.69, 9.17) is 5.73 Å². The Bertz CT molecular complexity index is 1090. The topological polar surface area (TPSA) is 112 Å². The highest BCUT2D eigenvalue weighted by atomic mass is 32.2. The Morgan fingerprint density at radius 1 is 1.23 bits per heavy atom. The maximum absolute atomic E-state index is 12.7. The number of hydrogen-bond acceptors (Lipinski definition) is 4. The van der Waals surface area contributed by atoms with Crippen LogP contribution in [0, 0.1) is 11.3 Å². The van der Waals surface area contributed by atoms with Gasteiger partial charge in [0.2, 0.25) is 0 Å². The number of nitriles is 1. The Balaban J connectivity index is 2.03. The predicted molar refractivity (Wildman–Crippen MR) is 102 cm³/mol. The van der Waals surface area contributed by atoms with Gasteiger partial charge in [-0.2, -0.15) is 5.26 Å². The van der Waals surface area contributed by atoms with Crippen LogP contribution in [0.1, 0.15) is 36.6 Å². The third-order valence-electron chi connectivity index (χ3n) is 4.38. The molecule has 3 rings (SSSR count). The molecule has 2 aromatic carbocycles. The molecule has 0 aliphatic rings. The number of aromatic amines is 1. The van der Waals surface area contributed by atoms with E-state index in [1.807, 2.05) is 19.9 Å². The van der Waals surface area contributed by atoms with E-state index in [-0.39, 0.29) is 10.9 Å². The molecule has 0 aliphatic carbocycles. The second-order valence-corrected chi connectivity index (χ2v) is 7.84. The van der Waals surface area contributed by atoms with Crippen molar-refractivity contribution in [1.29, 1.82) is 5.26 Å². The molecule has 0 amide bonds. The molecule has 7 heteroatoms. The predicted octanol–water partition coefficient (Wildman–Crippen LogP) is 3.42. The van der Waals surface area contributed by atoms with Crippen LogP contribution < -0.4 is 10.5 Å². The van der Waals surface area contributed by atoms with Crippen LogP contribution in [-0.2, 0) is 16.4 Å². The molecule has 0 spiro atoms. The van der Waals surface area contributed by atoms with Crippen LogP contribution in [0.25, 0.3) is 10.9 Å². The maximum Gasteiger partial charge on any atom is 0.261 e. The van der Waals surface area contributed by atoms with Crippen molar-refractivity contribution in [3.8, 4) is 6.07 Å². The number of sulfonamides is 1. The number of aromatic nitrogens is 1. The molecular formula is C19H20N4O2S. The van der Waals surface area contributed by atoms with Gasteiger partial charge in [0.25, 0.3) is 10.0 Å². The van der Waals surface area contributed by atoms with E-state index in [0.717, 1.165) is 22.9 Å². The first-order chi connectivity index (χ1) is 12.4. The lowest BCUT2D eigenvalue weighted by atomic mass is 10.0. The molecule has 6 nitrogen and oxygen atoms in total. The van der Waals surface area contributed by atoms with Crippen LogP contribution >= 0.6 is 0 Å². The summed E-state index contributed by atoms with van der Waals surface area (Å²) < 4.78 is 28.1. The summed E-state index contributed by atoms with van der Waals surface area (Å²) >= 11 is 0. The minimum absolute atomic E-state index is 0.154. The Labute approximate surface area is 152 Å². The number of nitrogens with zero attached hydrogens (tertiary/aromatic N) is 1. The Morgan fingerprint density at radius 2 is 1.92 bits per heavy atom. The average molecular weight is 368 g/mol. The Hall–Kier alpha value is -2.82. The fourth-order valence-electron chi connectivity index (χ4n) is 2.94. The van der Waals surface area contributed by atoms with Crippen LogP contribution in [0.2, 0.25) is 0 Å². The van der Waals surface area contributed by atoms with Gasteiger partial charge in [0.15, 0.2) is 0 Å². The molecule has 1 heterocycles. The first-order valence-corrected chi connectivity index (χ1v) is 9.77. The normalized spacial score (nSPS) is 12.7. The zero-order valence-electron chi connectivity index (χ0n) is 14.6. The molecule has 0 saturated carbocycles. The van der Waals surface area contributed by atoms with Crippen molar-refractivity contribution in [3.63, 3.8) is 0 Å². The van der Waals surface area contributed by atoms with Gasteiger partial charge in [0, 0.05) is 17.6 Å². The summed E-state index contributed by atoms with van der Waals surface area (Å²) in [7, 11) is -3.76. The molecule has 0 bridgehead atoms. The fourth-order valence-corrected chi connectivity index (χ4v) is 4.01. The summed E-state index contributed by atoms with van der Waals surface area (Å²) in [6.45, 7) is 3.83. The van der Waals surface area contributed by atoms with E-state index in [1.165, 1.54) is 12.1 Å². The Morgan fingerprint density at radius 3 is 2.50 bits per heavy atom. The minimum Gasteiger partial charge on any atom is -0.358 e. The molecular weight excluding hydrogens is 348 g/mol. The van der Waals surface area contributed by atoms with Gasteiger partial charge >= 0.3 is 0 Å². The highest BCUT2D eigenvalue weighted by Crippen LogP contribution is 2.30. The van der Waals surface area contributed by atoms with E-state index < -0.39 is 10.0 Å². The third-order valence-corrected chi connectivity index (χ3v) is 5.77. The van der Waals surface area contributed by atoms with Gasteiger partial charge in [0.1, 0.15) is 6.07 Å². The number of nitrogens with two attached hydrogens (primary N) is 1. The van der Waals surface area contributed by atoms with Crippen molar-refractivity contribution in [3.05, 3.63) is 59.3 Å². The molecule has 0 fully saturated rings. The van der Waals surface area contributed by atoms with Gasteiger partial charge in [-0.3, -0.25) is 4.72 Å². The SMILES string of the molecule is CCc1ccc(NS(=O)(=O)c2ccc([C@@H](C)N)cc2)c2[nH]cc(C#N)c12. The first kappa shape index (κ1) is 18.0. The molecule has 134 valence electrons. The number of aryl methyl sites for hydroxylation is 1. The van der Waals surface area contributed by atoms with Crippen LogP contribution in [0.15, 0.2) is 47.5 Å². The van der Waals surface area contributed by atoms with Crippen molar-refractivity contribution in [2.45, 2.75) is 31.2 Å². The number of H-pyrrole nitrogens is 1. The van der Waals surface area contributed by atoms with Crippen LogP contribution in [-0.4, -0.2) is 13.4 Å². The molecule has 0 radical (unpaired) electrons. The van der Waals surface area contributed by atoms with Crippen LogP contribution in [0.4, 0.5) is 5.69 Å². The van der Waals surface area contributed by atoms with E-state index in [2.05, 4.69) is 15.8 Å². The van der Waals surface area contributed by atoms with Crippen LogP contribution in [0.5, 0.6) is 0 Å². The number of nitrogens with one attached hydrogen (secondary N) is 2. The van der Waals surface area contributed by atoms with Crippen molar-refractivity contribution >= 4 is 26.6 Å². The fraction of sp³-hybridized carbons (Fsp3) is 0.211. The van der Waals surface area contributed by atoms with Gasteiger partial charge in [-0.1, -0.05) is 25.1 Å². The van der Waals surface area contributed by atoms with Gasteiger partial charge in [-0.25, -0.2) is 8.42 Å². The maximum atomic E-state index is 12.7. The highest BCUT2D eigenvalue weighted by molar-refractivity contribution is 7.92. The molecule has 1 atom stereocenters. The summed E-state index contributed by atoms with van der Waals surface area (Å²) in [6.07, 6.45) is 2.34. The van der Waals surface area contributed by atoms with E-state index in [0.29, 0.717) is 16.8 Å². The standard InChI is InChI=1S/C19H20N4O2S/c1-3-13-6-9-17(19-18(13)15(10-20)11-22-19)23-26(24,25)16-7-4-14(5-8-16)12(2)21/h4-9,11-12,22-23H,3,21H2,1-2H3/t12-/m1/s1. The molecule has 26 heavy (non-hydrogen) atoms. The molecule has 4 N–H and O–H groups in total. The highest BCUT2D eigenvalue weighted by Gasteiger charge is 2.18. The Kier molecular flexibility index (Phi) is 4.72. The third kappa shape index (κ3) is 3.17. The van der Waals surface area contributed by atoms with Gasteiger partial charge in [0.05, 0.1) is 21.7 Å². The van der Waals surface area contributed by atoms with Crippen molar-refractivity contribution in [2.75, 3.05) is 4.72 Å². The summed E-state index contributed by atoms with van der Waals surface area (Å²) in [4.78, 5) is 3.17.